The maximum absolute atomic E-state index is 12.7. The van der Waals surface area contributed by atoms with Gasteiger partial charge in [-0.2, -0.15) is 0 Å². The zero-order chi connectivity index (χ0) is 30.7. The van der Waals surface area contributed by atoms with Crippen molar-refractivity contribution in [2.24, 2.45) is 0 Å². The van der Waals surface area contributed by atoms with Crippen molar-refractivity contribution in [1.82, 2.24) is 10.2 Å². The van der Waals surface area contributed by atoms with Crippen LogP contribution in [0.3, 0.4) is 0 Å². The highest BCUT2D eigenvalue weighted by Gasteiger charge is 2.22. The minimum absolute atomic E-state index is 0.0772. The van der Waals surface area contributed by atoms with Gasteiger partial charge in [-0.05, 0) is 70.0 Å². The molecule has 0 heterocycles. The van der Waals surface area contributed by atoms with Crippen LogP contribution < -0.4 is 10.6 Å². The predicted octanol–water partition coefficient (Wildman–Crippen LogP) is 5.34. The van der Waals surface area contributed by atoms with E-state index in [1.165, 1.54) is 17.0 Å². The van der Waals surface area contributed by atoms with E-state index in [2.05, 4.69) is 10.6 Å². The summed E-state index contributed by atoms with van der Waals surface area (Å²) < 4.78 is 44.3. The van der Waals surface area contributed by atoms with E-state index in [0.717, 1.165) is 19.3 Å². The number of nitrogens with zero attached hydrogens (tertiary/aromatic N) is 1. The van der Waals surface area contributed by atoms with Gasteiger partial charge in [-0.3, -0.25) is 9.59 Å². The second-order valence-electron chi connectivity index (χ2n) is 9.34. The first-order valence-electron chi connectivity index (χ1n) is 14.6. The predicted molar refractivity (Wildman–Crippen MR) is 141 cm³/mol. The van der Waals surface area contributed by atoms with Crippen molar-refractivity contribution in [3.63, 3.8) is 0 Å². The number of anilines is 1. The first-order chi connectivity index (χ1) is 19.2. The maximum Gasteiger partial charge on any atom is 0.410 e. The van der Waals surface area contributed by atoms with Gasteiger partial charge in [0.15, 0.2) is 0 Å². The van der Waals surface area contributed by atoms with E-state index in [1.807, 2.05) is 0 Å². The van der Waals surface area contributed by atoms with Crippen LogP contribution in [-0.4, -0.2) is 53.1 Å². The van der Waals surface area contributed by atoms with Crippen molar-refractivity contribution < 1.29 is 31.1 Å². The van der Waals surface area contributed by atoms with E-state index in [4.69, 9.17) is 11.6 Å². The lowest BCUT2D eigenvalue weighted by molar-refractivity contribution is -0.116. The third-order valence-electron chi connectivity index (χ3n) is 5.03. The molecule has 196 valence electrons. The summed E-state index contributed by atoms with van der Waals surface area (Å²) in [5.74, 6) is -0.878. The number of nitrogens with one attached hydrogen (secondary N) is 2. The fraction of sp³-hybridized carbons (Fsp3) is 0.464. The molecule has 0 radical (unpaired) electrons. The topological polar surface area (TPSA) is 108 Å². The molecule has 0 bridgehead atoms. The normalized spacial score (nSPS) is 12.9. The molecule has 8 nitrogen and oxygen atoms in total. The summed E-state index contributed by atoms with van der Waals surface area (Å²) in [7, 11) is 0. The summed E-state index contributed by atoms with van der Waals surface area (Å²) in [6, 6.07) is 3.42. The van der Waals surface area contributed by atoms with Crippen molar-refractivity contribution in [3.8, 4) is 5.75 Å². The van der Waals surface area contributed by atoms with Crippen molar-refractivity contribution in [2.75, 3.05) is 25.0 Å². The average Bonchev–Trinajstić information content (AvgIpc) is 2.89. The molecule has 8 heteroatoms. The fourth-order valence-electron chi connectivity index (χ4n) is 3.24. The number of aromatic hydroxyl groups is 1. The number of unbranched alkanes of at least 4 members (excludes halogenated alkanes) is 4. The molecule has 2 rings (SSSR count). The first-order valence-corrected chi connectivity index (χ1v) is 12.1. The van der Waals surface area contributed by atoms with E-state index in [-0.39, 0.29) is 30.2 Å². The van der Waals surface area contributed by atoms with E-state index in [0.29, 0.717) is 31.6 Å². The fourth-order valence-corrected chi connectivity index (χ4v) is 3.24. The molecule has 0 aliphatic heterocycles. The Bertz CT molecular complexity index is 1190. The lowest BCUT2D eigenvalue weighted by Crippen LogP contribution is -2.39. The van der Waals surface area contributed by atoms with Gasteiger partial charge in [-0.15, -0.1) is 0 Å². The smallest absolute Gasteiger partial charge is 0.410 e. The van der Waals surface area contributed by atoms with Crippen LogP contribution >= 0.6 is 0 Å². The molecule has 0 aliphatic rings. The lowest BCUT2D eigenvalue weighted by Gasteiger charge is -2.27. The van der Waals surface area contributed by atoms with Crippen LogP contribution in [0.25, 0.3) is 0 Å². The molecule has 0 fully saturated rings. The Morgan fingerprint density at radius 1 is 0.944 bits per heavy atom. The van der Waals surface area contributed by atoms with Gasteiger partial charge in [0, 0.05) is 37.3 Å². The monoisotopic (exact) mass is 502 g/mol. The van der Waals surface area contributed by atoms with E-state index < -0.39 is 47.8 Å². The molecule has 2 aromatic rings. The van der Waals surface area contributed by atoms with Crippen molar-refractivity contribution in [3.05, 3.63) is 60.0 Å². The Morgan fingerprint density at radius 3 is 2.25 bits per heavy atom. The molecule has 0 aromatic heterocycles. The number of benzene rings is 2. The average molecular weight is 503 g/mol. The van der Waals surface area contributed by atoms with Crippen molar-refractivity contribution >= 4 is 23.6 Å². The van der Waals surface area contributed by atoms with E-state index in [1.54, 1.807) is 32.9 Å². The molecule has 0 spiro atoms. The second-order valence-corrected chi connectivity index (χ2v) is 9.34. The molecule has 36 heavy (non-hydrogen) atoms. The molecule has 0 saturated carbocycles. The quantitative estimate of drug-likeness (QED) is 0.253. The van der Waals surface area contributed by atoms with Crippen LogP contribution in [0.1, 0.15) is 76.5 Å². The molecule has 3 amide bonds. The molecule has 0 unspecified atom stereocenters. The van der Waals surface area contributed by atoms with Gasteiger partial charge in [-0.1, -0.05) is 37.4 Å². The second kappa shape index (κ2) is 14.8. The van der Waals surface area contributed by atoms with Crippen LogP contribution in [0.2, 0.25) is 0 Å². The summed E-state index contributed by atoms with van der Waals surface area (Å²) >= 11 is 0. The van der Waals surface area contributed by atoms with Crippen LogP contribution in [0.15, 0.2) is 54.5 Å². The van der Waals surface area contributed by atoms with Gasteiger partial charge in [-0.25, -0.2) is 4.79 Å². The Hall–Kier alpha value is -3.55. The number of ether oxygens (including phenoxy) is 1. The van der Waals surface area contributed by atoms with Gasteiger partial charge < -0.3 is 25.4 Å². The standard InChI is InChI=1S/C28H39N3O5/c1-28(2,3)36-27(35)31(21-18-25(33)30-23-14-16-24(32)17-15-23)20-11-6-4-5-10-19-29-26(34)22-12-8-7-9-13-22/h7-9,12-17,32H,4-6,10-11,18-21H2,1-3H3,(H,29,34)(H,30,33)/i7D,8D,9D,12D,13D. The van der Waals surface area contributed by atoms with Crippen LogP contribution in [-0.2, 0) is 9.53 Å². The molecular weight excluding hydrogens is 458 g/mol. The Balaban J connectivity index is 1.76. The Morgan fingerprint density at radius 2 is 1.58 bits per heavy atom. The highest BCUT2D eigenvalue weighted by molar-refractivity contribution is 5.94. The molecule has 3 N–H and O–H groups in total. The summed E-state index contributed by atoms with van der Waals surface area (Å²) in [5, 5.41) is 14.7. The van der Waals surface area contributed by atoms with Crippen LogP contribution in [0, 0.1) is 0 Å². The number of amides is 3. The molecule has 0 atom stereocenters. The Labute approximate surface area is 221 Å². The maximum atomic E-state index is 12.7. The minimum atomic E-state index is -0.704. The number of carbonyl (C=O) groups excluding carboxylic acids is 3. The molecule has 2 aromatic carbocycles. The minimum Gasteiger partial charge on any atom is -0.508 e. The SMILES string of the molecule is [2H]c1c([2H])c([2H])c(C(=O)NCCCCCCCN(CCC(=O)Nc2ccc(O)cc2)C(=O)OC(C)(C)C)c([2H])c1[2H]. The highest BCUT2D eigenvalue weighted by atomic mass is 16.6. The largest absolute Gasteiger partial charge is 0.508 e. The van der Waals surface area contributed by atoms with Gasteiger partial charge in [0.05, 0.1) is 6.85 Å². The summed E-state index contributed by atoms with van der Waals surface area (Å²) in [6.07, 6.45) is 3.32. The summed E-state index contributed by atoms with van der Waals surface area (Å²) in [6.45, 7) is 6.21. The van der Waals surface area contributed by atoms with Crippen molar-refractivity contribution in [2.45, 2.75) is 64.9 Å². The lowest BCUT2D eigenvalue weighted by atomic mass is 10.1. The zero-order valence-electron chi connectivity index (χ0n) is 26.2. The number of hydrogen-bond acceptors (Lipinski definition) is 5. The van der Waals surface area contributed by atoms with E-state index in [9.17, 15) is 19.5 Å². The first kappa shape index (κ1) is 21.7. The van der Waals surface area contributed by atoms with Gasteiger partial charge in [0.2, 0.25) is 5.91 Å². The number of phenolic OH excluding ortho intramolecular Hbond substituents is 1. The van der Waals surface area contributed by atoms with Gasteiger partial charge in [0.1, 0.15) is 11.4 Å². The third kappa shape index (κ3) is 11.7. The third-order valence-corrected chi connectivity index (χ3v) is 5.03. The Kier molecular flexibility index (Phi) is 8.90. The number of carbonyl (C=O) groups is 3. The number of phenols is 1. The zero-order valence-corrected chi connectivity index (χ0v) is 21.2. The number of hydrogen-bond donors (Lipinski definition) is 3. The van der Waals surface area contributed by atoms with Crippen molar-refractivity contribution in [1.29, 1.82) is 0 Å². The van der Waals surface area contributed by atoms with Crippen LogP contribution in [0.5, 0.6) is 5.75 Å². The molecule has 0 aliphatic carbocycles. The highest BCUT2D eigenvalue weighted by Crippen LogP contribution is 2.15. The summed E-state index contributed by atoms with van der Waals surface area (Å²) in [4.78, 5) is 39.0. The molecular formula is C28H39N3O5. The molecule has 0 saturated heterocycles. The van der Waals surface area contributed by atoms with Gasteiger partial charge >= 0.3 is 6.09 Å². The summed E-state index contributed by atoms with van der Waals surface area (Å²) in [5.41, 5.74) is -0.500. The number of rotatable bonds is 13. The van der Waals surface area contributed by atoms with Gasteiger partial charge in [0.25, 0.3) is 5.91 Å². The van der Waals surface area contributed by atoms with Crippen LogP contribution in [0.4, 0.5) is 10.5 Å². The van der Waals surface area contributed by atoms with E-state index >= 15 is 0 Å².